The Bertz CT molecular complexity index is 1030. The second kappa shape index (κ2) is 9.59. The average Bonchev–Trinajstić information content (AvgIpc) is 3.25. The van der Waals surface area contributed by atoms with Crippen LogP contribution in [0.25, 0.3) is 23.1 Å². The maximum absolute atomic E-state index is 5.45. The molecular weight excluding hydrogens is 376 g/mol. The van der Waals surface area contributed by atoms with Crippen molar-refractivity contribution in [2.75, 3.05) is 38.3 Å². The second-order valence-electron chi connectivity index (χ2n) is 7.20. The highest BCUT2D eigenvalue weighted by molar-refractivity contribution is 5.90. The van der Waals surface area contributed by atoms with Gasteiger partial charge in [-0.25, -0.2) is 9.97 Å². The lowest BCUT2D eigenvalue weighted by molar-refractivity contribution is 0.174. The fraction of sp³-hybridized carbons (Fsp3) is 0.333. The molecule has 1 aromatic heterocycles. The number of ether oxygens (including phenoxy) is 2. The van der Waals surface area contributed by atoms with Crippen molar-refractivity contribution in [1.29, 1.82) is 0 Å². The van der Waals surface area contributed by atoms with Crippen molar-refractivity contribution in [3.8, 4) is 11.5 Å². The lowest BCUT2D eigenvalue weighted by Crippen LogP contribution is -2.25. The van der Waals surface area contributed by atoms with Gasteiger partial charge in [-0.3, -0.25) is 0 Å². The number of fused-ring (bicyclic) bond motifs is 2. The molecule has 156 valence electrons. The molecule has 0 aliphatic carbocycles. The standard InChI is InChI=1S/C24H28N4O2/c1-3-28(4-2)15-7-14-25-24-19-8-5-6-9-20(19)26-23(27-24)13-11-18-10-12-21-22(16-18)30-17-29-21/h5-6,8-13,16H,3-4,7,14-15,17H2,1-2H3,(H,25,26,27)/b13-11+. The van der Waals surface area contributed by atoms with E-state index in [0.29, 0.717) is 5.82 Å². The third-order valence-electron chi connectivity index (χ3n) is 5.28. The molecule has 2 heterocycles. The monoisotopic (exact) mass is 404 g/mol. The van der Waals surface area contributed by atoms with Crippen LogP contribution >= 0.6 is 0 Å². The quantitative estimate of drug-likeness (QED) is 0.523. The minimum absolute atomic E-state index is 0.277. The molecule has 0 amide bonds. The first-order valence-corrected chi connectivity index (χ1v) is 10.6. The summed E-state index contributed by atoms with van der Waals surface area (Å²) in [5, 5.41) is 4.56. The molecule has 4 rings (SSSR count). The number of aromatic nitrogens is 2. The Morgan fingerprint density at radius 2 is 1.83 bits per heavy atom. The van der Waals surface area contributed by atoms with Gasteiger partial charge in [-0.05, 0) is 62.0 Å². The first kappa shape index (κ1) is 20.2. The van der Waals surface area contributed by atoms with E-state index in [9.17, 15) is 0 Å². The number of anilines is 1. The van der Waals surface area contributed by atoms with Crippen LogP contribution in [-0.4, -0.2) is 47.8 Å². The molecule has 0 saturated heterocycles. The molecule has 3 aromatic rings. The Morgan fingerprint density at radius 3 is 2.70 bits per heavy atom. The Hall–Kier alpha value is -3.12. The van der Waals surface area contributed by atoms with Crippen molar-refractivity contribution in [3.63, 3.8) is 0 Å². The van der Waals surface area contributed by atoms with Crippen LogP contribution in [0.1, 0.15) is 31.7 Å². The third-order valence-corrected chi connectivity index (χ3v) is 5.28. The van der Waals surface area contributed by atoms with Crippen LogP contribution in [0.15, 0.2) is 42.5 Å². The van der Waals surface area contributed by atoms with E-state index in [2.05, 4.69) is 30.1 Å². The molecule has 2 aromatic carbocycles. The largest absolute Gasteiger partial charge is 0.454 e. The van der Waals surface area contributed by atoms with Crippen molar-refractivity contribution >= 4 is 28.9 Å². The van der Waals surface area contributed by atoms with Crippen molar-refractivity contribution in [3.05, 3.63) is 53.9 Å². The summed E-state index contributed by atoms with van der Waals surface area (Å²) in [7, 11) is 0. The van der Waals surface area contributed by atoms with Gasteiger partial charge in [-0.2, -0.15) is 0 Å². The maximum Gasteiger partial charge on any atom is 0.231 e. The minimum atomic E-state index is 0.277. The van der Waals surface area contributed by atoms with Crippen LogP contribution < -0.4 is 14.8 Å². The summed E-state index contributed by atoms with van der Waals surface area (Å²) in [5.41, 5.74) is 1.95. The smallest absolute Gasteiger partial charge is 0.231 e. The van der Waals surface area contributed by atoms with Gasteiger partial charge < -0.3 is 19.7 Å². The zero-order valence-corrected chi connectivity index (χ0v) is 17.6. The number of hydrogen-bond donors (Lipinski definition) is 1. The van der Waals surface area contributed by atoms with Gasteiger partial charge in [-0.1, -0.05) is 38.1 Å². The fourth-order valence-corrected chi connectivity index (χ4v) is 3.54. The number of benzene rings is 2. The Morgan fingerprint density at radius 1 is 1.00 bits per heavy atom. The van der Waals surface area contributed by atoms with Crippen LogP contribution in [0.4, 0.5) is 5.82 Å². The zero-order chi connectivity index (χ0) is 20.8. The van der Waals surface area contributed by atoms with Gasteiger partial charge in [0.2, 0.25) is 6.79 Å². The first-order valence-electron chi connectivity index (χ1n) is 10.6. The summed E-state index contributed by atoms with van der Waals surface area (Å²) in [5.74, 6) is 3.11. The second-order valence-corrected chi connectivity index (χ2v) is 7.20. The third kappa shape index (κ3) is 4.71. The normalized spacial score (nSPS) is 12.9. The van der Waals surface area contributed by atoms with Gasteiger partial charge in [0.05, 0.1) is 5.52 Å². The molecule has 0 unspecified atom stereocenters. The highest BCUT2D eigenvalue weighted by atomic mass is 16.7. The fourth-order valence-electron chi connectivity index (χ4n) is 3.54. The summed E-state index contributed by atoms with van der Waals surface area (Å²) in [6.45, 7) is 8.81. The number of nitrogens with one attached hydrogen (secondary N) is 1. The van der Waals surface area contributed by atoms with E-state index < -0.39 is 0 Å². The summed E-state index contributed by atoms with van der Waals surface area (Å²) >= 11 is 0. The van der Waals surface area contributed by atoms with E-state index >= 15 is 0 Å². The van der Waals surface area contributed by atoms with Gasteiger partial charge >= 0.3 is 0 Å². The number of nitrogens with zero attached hydrogens (tertiary/aromatic N) is 3. The molecule has 6 nitrogen and oxygen atoms in total. The minimum Gasteiger partial charge on any atom is -0.454 e. The first-order chi connectivity index (χ1) is 14.8. The predicted molar refractivity (Wildman–Crippen MR) is 122 cm³/mol. The van der Waals surface area contributed by atoms with Crippen molar-refractivity contribution in [1.82, 2.24) is 14.9 Å². The van der Waals surface area contributed by atoms with Crippen molar-refractivity contribution < 1.29 is 9.47 Å². The van der Waals surface area contributed by atoms with E-state index in [1.807, 2.05) is 48.6 Å². The van der Waals surface area contributed by atoms with E-state index in [-0.39, 0.29) is 6.79 Å². The average molecular weight is 405 g/mol. The number of para-hydroxylation sites is 1. The number of rotatable bonds is 9. The topological polar surface area (TPSA) is 59.5 Å². The van der Waals surface area contributed by atoms with Crippen LogP contribution in [-0.2, 0) is 0 Å². The predicted octanol–water partition coefficient (Wildman–Crippen LogP) is 4.67. The molecule has 30 heavy (non-hydrogen) atoms. The maximum atomic E-state index is 5.45. The van der Waals surface area contributed by atoms with E-state index in [4.69, 9.17) is 19.4 Å². The molecule has 0 radical (unpaired) electrons. The Labute approximate surface area is 177 Å². The van der Waals surface area contributed by atoms with Crippen LogP contribution in [0, 0.1) is 0 Å². The Balaban J connectivity index is 1.51. The lowest BCUT2D eigenvalue weighted by Gasteiger charge is -2.18. The highest BCUT2D eigenvalue weighted by Crippen LogP contribution is 2.33. The summed E-state index contributed by atoms with van der Waals surface area (Å²) < 4.78 is 10.8. The van der Waals surface area contributed by atoms with Crippen LogP contribution in [0.3, 0.4) is 0 Å². The van der Waals surface area contributed by atoms with Crippen molar-refractivity contribution in [2.45, 2.75) is 20.3 Å². The van der Waals surface area contributed by atoms with E-state index in [1.165, 1.54) is 0 Å². The highest BCUT2D eigenvalue weighted by Gasteiger charge is 2.12. The Kier molecular flexibility index (Phi) is 6.44. The number of hydrogen-bond acceptors (Lipinski definition) is 6. The van der Waals surface area contributed by atoms with Crippen molar-refractivity contribution in [2.24, 2.45) is 0 Å². The van der Waals surface area contributed by atoms with E-state index in [1.54, 1.807) is 0 Å². The van der Waals surface area contributed by atoms with Crippen LogP contribution in [0.2, 0.25) is 0 Å². The van der Waals surface area contributed by atoms with Gasteiger partial charge in [0, 0.05) is 11.9 Å². The van der Waals surface area contributed by atoms with Gasteiger partial charge in [0.25, 0.3) is 0 Å². The lowest BCUT2D eigenvalue weighted by atomic mass is 10.2. The molecule has 1 N–H and O–H groups in total. The molecule has 0 bridgehead atoms. The molecule has 0 fully saturated rings. The molecule has 0 saturated carbocycles. The molecule has 0 spiro atoms. The van der Waals surface area contributed by atoms with Gasteiger partial charge in [-0.15, -0.1) is 0 Å². The van der Waals surface area contributed by atoms with E-state index in [0.717, 1.165) is 66.4 Å². The molecular formula is C24H28N4O2. The SMILES string of the molecule is CCN(CC)CCCNc1nc(/C=C/c2ccc3c(c2)OCO3)nc2ccccc12. The molecule has 0 atom stereocenters. The van der Waals surface area contributed by atoms with Gasteiger partial charge in [0.1, 0.15) is 5.82 Å². The molecule has 1 aliphatic rings. The zero-order valence-electron chi connectivity index (χ0n) is 17.6. The summed E-state index contributed by atoms with van der Waals surface area (Å²) in [4.78, 5) is 11.9. The van der Waals surface area contributed by atoms with Crippen LogP contribution in [0.5, 0.6) is 11.5 Å². The van der Waals surface area contributed by atoms with Gasteiger partial charge in [0.15, 0.2) is 17.3 Å². The summed E-state index contributed by atoms with van der Waals surface area (Å²) in [6.07, 6.45) is 5.00. The molecule has 6 heteroatoms. The molecule has 1 aliphatic heterocycles. The summed E-state index contributed by atoms with van der Waals surface area (Å²) in [6, 6.07) is 14.0.